The lowest BCUT2D eigenvalue weighted by molar-refractivity contribution is -0.203. The molecule has 162 valence electrons. The highest BCUT2D eigenvalue weighted by Gasteiger charge is 2.56. The zero-order valence-corrected chi connectivity index (χ0v) is 18.2. The van der Waals surface area contributed by atoms with Crippen LogP contribution in [0.2, 0.25) is 0 Å². The number of aryl methyl sites for hydroxylation is 2. The van der Waals surface area contributed by atoms with Gasteiger partial charge in [-0.25, -0.2) is 0 Å². The molecule has 1 aromatic heterocycles. The van der Waals surface area contributed by atoms with Gasteiger partial charge in [-0.1, -0.05) is 19.3 Å². The molecular weight excluding hydrogens is 368 g/mol. The zero-order valence-electron chi connectivity index (χ0n) is 18.2. The van der Waals surface area contributed by atoms with Crippen LogP contribution in [0.1, 0.15) is 61.1 Å². The van der Waals surface area contributed by atoms with Gasteiger partial charge >= 0.3 is 0 Å². The highest BCUT2D eigenvalue weighted by atomic mass is 16.5. The first-order valence-corrected chi connectivity index (χ1v) is 11.2. The Bertz CT molecular complexity index is 705. The third-order valence-electron chi connectivity index (χ3n) is 7.27. The topological polar surface area (TPSA) is 59.8 Å². The van der Waals surface area contributed by atoms with Gasteiger partial charge in [-0.15, -0.1) is 0 Å². The zero-order chi connectivity index (χ0) is 20.4. The van der Waals surface area contributed by atoms with Crippen LogP contribution in [0.25, 0.3) is 0 Å². The molecule has 3 fully saturated rings. The summed E-state index contributed by atoms with van der Waals surface area (Å²) in [6.45, 7) is 5.98. The summed E-state index contributed by atoms with van der Waals surface area (Å²) in [6, 6.07) is 2.45. The second-order valence-electron chi connectivity index (χ2n) is 8.99. The fourth-order valence-corrected chi connectivity index (χ4v) is 5.72. The van der Waals surface area contributed by atoms with Gasteiger partial charge in [0.1, 0.15) is 5.69 Å². The number of rotatable bonds is 6. The molecule has 2 saturated heterocycles. The van der Waals surface area contributed by atoms with Gasteiger partial charge in [-0.3, -0.25) is 14.4 Å². The van der Waals surface area contributed by atoms with Gasteiger partial charge in [0, 0.05) is 45.4 Å². The summed E-state index contributed by atoms with van der Waals surface area (Å²) in [4.78, 5) is 17.7. The lowest BCUT2D eigenvalue weighted by atomic mass is 9.69. The second-order valence-corrected chi connectivity index (χ2v) is 8.99. The molecule has 3 heterocycles. The van der Waals surface area contributed by atoms with E-state index in [4.69, 9.17) is 9.47 Å². The van der Waals surface area contributed by atoms with Crippen molar-refractivity contribution in [3.63, 3.8) is 0 Å². The van der Waals surface area contributed by atoms with E-state index in [9.17, 15) is 4.79 Å². The number of amides is 1. The van der Waals surface area contributed by atoms with Crippen molar-refractivity contribution < 1.29 is 14.3 Å². The van der Waals surface area contributed by atoms with E-state index in [0.29, 0.717) is 31.1 Å². The number of carbonyl (C=O) groups excluding carboxylic acids is 1. The van der Waals surface area contributed by atoms with Crippen LogP contribution in [-0.2, 0) is 16.5 Å². The third kappa shape index (κ3) is 3.97. The summed E-state index contributed by atoms with van der Waals surface area (Å²) in [6.07, 6.45) is 8.89. The summed E-state index contributed by atoms with van der Waals surface area (Å²) in [7, 11) is 3.58. The maximum atomic E-state index is 12.9. The standard InChI is InChI=1S/C22H36N4O3/c1-17-15-19(24(2)23-17)21(27)25-11-7-18(8-12-25)26-16-20(29-14-13-28-3)22(26)9-5-4-6-10-22/h15,18,20H,4-14,16H2,1-3H3/t20-/m0/s1. The average molecular weight is 405 g/mol. The fourth-order valence-electron chi connectivity index (χ4n) is 5.72. The van der Waals surface area contributed by atoms with E-state index < -0.39 is 0 Å². The maximum Gasteiger partial charge on any atom is 0.272 e. The van der Waals surface area contributed by atoms with Crippen molar-refractivity contribution in [3.8, 4) is 0 Å². The lowest BCUT2D eigenvalue weighted by Gasteiger charge is -2.63. The number of hydrogen-bond acceptors (Lipinski definition) is 5. The lowest BCUT2D eigenvalue weighted by Crippen LogP contribution is -2.75. The Balaban J connectivity index is 1.36. The monoisotopic (exact) mass is 404 g/mol. The van der Waals surface area contributed by atoms with Crippen molar-refractivity contribution in [1.29, 1.82) is 0 Å². The molecule has 7 heteroatoms. The molecule has 3 aliphatic rings. The van der Waals surface area contributed by atoms with Crippen LogP contribution in [0.4, 0.5) is 0 Å². The SMILES string of the molecule is COCCO[C@H]1CN(C2CCN(C(=O)c3cc(C)nn3C)CC2)C12CCCCC2. The first-order chi connectivity index (χ1) is 14.0. The molecule has 0 aromatic carbocycles. The first kappa shape index (κ1) is 20.8. The van der Waals surface area contributed by atoms with E-state index in [1.807, 2.05) is 24.9 Å². The smallest absolute Gasteiger partial charge is 0.272 e. The summed E-state index contributed by atoms with van der Waals surface area (Å²) in [5, 5.41) is 4.33. The number of nitrogens with zero attached hydrogens (tertiary/aromatic N) is 4. The molecule has 1 spiro atoms. The van der Waals surface area contributed by atoms with Crippen LogP contribution >= 0.6 is 0 Å². The largest absolute Gasteiger partial charge is 0.382 e. The molecule has 0 bridgehead atoms. The Morgan fingerprint density at radius 2 is 1.93 bits per heavy atom. The van der Waals surface area contributed by atoms with Gasteiger partial charge < -0.3 is 14.4 Å². The summed E-state index contributed by atoms with van der Waals surface area (Å²) in [5.41, 5.74) is 1.81. The normalized spacial score (nSPS) is 25.3. The molecule has 7 nitrogen and oxygen atoms in total. The molecule has 29 heavy (non-hydrogen) atoms. The number of methoxy groups -OCH3 is 1. The molecule has 4 rings (SSSR count). The van der Waals surface area contributed by atoms with Gasteiger partial charge in [-0.05, 0) is 38.7 Å². The Labute approximate surface area is 174 Å². The summed E-state index contributed by atoms with van der Waals surface area (Å²) < 4.78 is 13.1. The molecule has 0 unspecified atom stereocenters. The number of hydrogen-bond donors (Lipinski definition) is 0. The van der Waals surface area contributed by atoms with Gasteiger partial charge in [0.25, 0.3) is 5.91 Å². The van der Waals surface area contributed by atoms with Crippen molar-refractivity contribution in [1.82, 2.24) is 19.6 Å². The number of ether oxygens (including phenoxy) is 2. The van der Waals surface area contributed by atoms with E-state index >= 15 is 0 Å². The molecule has 1 saturated carbocycles. The predicted octanol–water partition coefficient (Wildman–Crippen LogP) is 2.38. The average Bonchev–Trinajstić information content (AvgIpc) is 3.08. The van der Waals surface area contributed by atoms with E-state index in [1.165, 1.54) is 32.1 Å². The van der Waals surface area contributed by atoms with Crippen LogP contribution in [0.15, 0.2) is 6.07 Å². The molecule has 2 aliphatic heterocycles. The van der Waals surface area contributed by atoms with Crippen molar-refractivity contribution in [2.45, 2.75) is 69.6 Å². The fraction of sp³-hybridized carbons (Fsp3) is 0.818. The van der Waals surface area contributed by atoms with E-state index in [0.717, 1.165) is 38.2 Å². The second kappa shape index (κ2) is 8.74. The highest BCUT2D eigenvalue weighted by Crippen LogP contribution is 2.47. The minimum atomic E-state index is 0.114. The number of aromatic nitrogens is 2. The first-order valence-electron chi connectivity index (χ1n) is 11.2. The van der Waals surface area contributed by atoms with Crippen LogP contribution < -0.4 is 0 Å². The van der Waals surface area contributed by atoms with E-state index in [2.05, 4.69) is 10.00 Å². The number of carbonyl (C=O) groups is 1. The van der Waals surface area contributed by atoms with Gasteiger partial charge in [0.2, 0.25) is 0 Å². The highest BCUT2D eigenvalue weighted by molar-refractivity contribution is 5.92. The molecule has 1 aromatic rings. The molecule has 0 N–H and O–H groups in total. The maximum absolute atomic E-state index is 12.9. The van der Waals surface area contributed by atoms with E-state index in [1.54, 1.807) is 11.8 Å². The van der Waals surface area contributed by atoms with Gasteiger partial charge in [0.05, 0.1) is 25.0 Å². The number of likely N-dealkylation sites (tertiary alicyclic amines) is 2. The Hall–Kier alpha value is -1.44. The van der Waals surface area contributed by atoms with Crippen molar-refractivity contribution >= 4 is 5.91 Å². The van der Waals surface area contributed by atoms with Crippen molar-refractivity contribution in [2.75, 3.05) is 40.0 Å². The third-order valence-corrected chi connectivity index (χ3v) is 7.27. The molecule has 0 radical (unpaired) electrons. The van der Waals surface area contributed by atoms with Gasteiger partial charge in [-0.2, -0.15) is 5.10 Å². The Kier molecular flexibility index (Phi) is 6.27. The van der Waals surface area contributed by atoms with Crippen LogP contribution in [0.5, 0.6) is 0 Å². The van der Waals surface area contributed by atoms with Gasteiger partial charge in [0.15, 0.2) is 0 Å². The quantitative estimate of drug-likeness (QED) is 0.682. The van der Waals surface area contributed by atoms with E-state index in [-0.39, 0.29) is 11.4 Å². The molecule has 1 aliphatic carbocycles. The van der Waals surface area contributed by atoms with Crippen molar-refractivity contribution in [2.24, 2.45) is 7.05 Å². The minimum Gasteiger partial charge on any atom is -0.382 e. The van der Waals surface area contributed by atoms with Crippen LogP contribution in [0, 0.1) is 6.92 Å². The predicted molar refractivity (Wildman–Crippen MR) is 111 cm³/mol. The molecule has 1 amide bonds. The Morgan fingerprint density at radius 1 is 1.21 bits per heavy atom. The van der Waals surface area contributed by atoms with Crippen molar-refractivity contribution in [3.05, 3.63) is 17.5 Å². The van der Waals surface area contributed by atoms with Crippen LogP contribution in [0.3, 0.4) is 0 Å². The minimum absolute atomic E-state index is 0.114. The molecular formula is C22H36N4O3. The molecule has 1 atom stereocenters. The number of piperidine rings is 1. The summed E-state index contributed by atoms with van der Waals surface area (Å²) in [5.74, 6) is 0.114. The summed E-state index contributed by atoms with van der Waals surface area (Å²) >= 11 is 0. The Morgan fingerprint density at radius 3 is 2.55 bits per heavy atom. The van der Waals surface area contributed by atoms with Crippen LogP contribution in [-0.4, -0.2) is 83.1 Å².